The molecule has 1 aliphatic rings. The average molecular weight is 228 g/mol. The van der Waals surface area contributed by atoms with E-state index in [-0.39, 0.29) is 5.92 Å². The van der Waals surface area contributed by atoms with Gasteiger partial charge in [0.25, 0.3) is 0 Å². The summed E-state index contributed by atoms with van der Waals surface area (Å²) in [5.41, 5.74) is 0. The topological polar surface area (TPSA) is 52.6 Å². The minimum absolute atomic E-state index is 0.131. The lowest BCUT2D eigenvalue weighted by atomic mass is 10.0. The van der Waals surface area contributed by atoms with Crippen molar-refractivity contribution < 1.29 is 9.90 Å². The molecule has 0 aromatic heterocycles. The number of likely N-dealkylation sites (tertiary alicyclic amines) is 1. The molecule has 1 aliphatic heterocycles. The highest BCUT2D eigenvalue weighted by Gasteiger charge is 2.24. The van der Waals surface area contributed by atoms with Gasteiger partial charge in [0.1, 0.15) is 6.04 Å². The summed E-state index contributed by atoms with van der Waals surface area (Å²) in [4.78, 5) is 13.3. The minimum atomic E-state index is -0.742. The number of nitrogens with zero attached hydrogens (tertiary/aromatic N) is 1. The second kappa shape index (κ2) is 6.21. The summed E-state index contributed by atoms with van der Waals surface area (Å²) < 4.78 is 0. The standard InChI is InChI=1S/C12H24N2O2/c1-9(2)11(12(15)16)13-8-10-6-4-5-7-14(10)3/h9-11,13H,4-8H2,1-3H3,(H,15,16). The maximum absolute atomic E-state index is 11.0. The molecule has 0 saturated carbocycles. The van der Waals surface area contributed by atoms with Gasteiger partial charge in [0, 0.05) is 12.6 Å². The van der Waals surface area contributed by atoms with Crippen molar-refractivity contribution in [3.63, 3.8) is 0 Å². The maximum Gasteiger partial charge on any atom is 0.320 e. The SMILES string of the molecule is CC(C)C(NCC1CCCCN1C)C(=O)O. The molecule has 2 atom stereocenters. The van der Waals surface area contributed by atoms with Crippen LogP contribution in [0.2, 0.25) is 0 Å². The Morgan fingerprint density at radius 1 is 1.50 bits per heavy atom. The predicted molar refractivity (Wildman–Crippen MR) is 64.5 cm³/mol. The van der Waals surface area contributed by atoms with E-state index in [0.29, 0.717) is 6.04 Å². The average Bonchev–Trinajstić information content (AvgIpc) is 2.20. The zero-order chi connectivity index (χ0) is 12.1. The van der Waals surface area contributed by atoms with Crippen molar-refractivity contribution >= 4 is 5.97 Å². The van der Waals surface area contributed by atoms with Crippen LogP contribution in [0.4, 0.5) is 0 Å². The van der Waals surface area contributed by atoms with Crippen molar-refractivity contribution in [1.82, 2.24) is 10.2 Å². The van der Waals surface area contributed by atoms with Crippen molar-refractivity contribution in [2.75, 3.05) is 20.1 Å². The van der Waals surface area contributed by atoms with Crippen molar-refractivity contribution in [3.8, 4) is 0 Å². The van der Waals surface area contributed by atoms with E-state index >= 15 is 0 Å². The van der Waals surface area contributed by atoms with Gasteiger partial charge in [-0.2, -0.15) is 0 Å². The zero-order valence-corrected chi connectivity index (χ0v) is 10.6. The first-order chi connectivity index (χ1) is 7.52. The summed E-state index contributed by atoms with van der Waals surface area (Å²) in [6, 6.07) is 0.0738. The second-order valence-corrected chi connectivity index (χ2v) is 5.10. The third-order valence-corrected chi connectivity index (χ3v) is 3.43. The van der Waals surface area contributed by atoms with Crippen molar-refractivity contribution in [2.24, 2.45) is 5.92 Å². The first-order valence-electron chi connectivity index (χ1n) is 6.18. The molecule has 2 unspecified atom stereocenters. The molecule has 1 rings (SSSR count). The number of piperidine rings is 1. The summed E-state index contributed by atoms with van der Waals surface area (Å²) in [7, 11) is 2.12. The van der Waals surface area contributed by atoms with Gasteiger partial charge < -0.3 is 15.3 Å². The number of rotatable bonds is 5. The van der Waals surface area contributed by atoms with Gasteiger partial charge in [-0.05, 0) is 32.4 Å². The van der Waals surface area contributed by atoms with Gasteiger partial charge in [-0.15, -0.1) is 0 Å². The van der Waals surface area contributed by atoms with Gasteiger partial charge in [-0.1, -0.05) is 20.3 Å². The van der Waals surface area contributed by atoms with E-state index < -0.39 is 12.0 Å². The molecule has 94 valence electrons. The molecule has 1 fully saturated rings. The Bertz CT molecular complexity index is 231. The third kappa shape index (κ3) is 3.76. The summed E-state index contributed by atoms with van der Waals surface area (Å²) in [5.74, 6) is -0.611. The van der Waals surface area contributed by atoms with E-state index in [9.17, 15) is 4.79 Å². The van der Waals surface area contributed by atoms with E-state index in [1.807, 2.05) is 13.8 Å². The largest absolute Gasteiger partial charge is 0.480 e. The Kier molecular flexibility index (Phi) is 5.22. The number of hydrogen-bond acceptors (Lipinski definition) is 3. The highest BCUT2D eigenvalue weighted by atomic mass is 16.4. The molecule has 1 heterocycles. The third-order valence-electron chi connectivity index (χ3n) is 3.43. The van der Waals surface area contributed by atoms with Crippen LogP contribution in [0.3, 0.4) is 0 Å². The first-order valence-corrected chi connectivity index (χ1v) is 6.18. The summed E-state index contributed by atoms with van der Waals surface area (Å²) in [6.45, 7) is 5.80. The molecule has 1 saturated heterocycles. The quantitative estimate of drug-likeness (QED) is 0.741. The number of carboxylic acids is 1. The van der Waals surface area contributed by atoms with E-state index in [2.05, 4.69) is 17.3 Å². The number of nitrogens with one attached hydrogen (secondary N) is 1. The fourth-order valence-electron chi connectivity index (χ4n) is 2.27. The summed E-state index contributed by atoms with van der Waals surface area (Å²) in [6.07, 6.45) is 3.70. The molecule has 0 aromatic carbocycles. The number of aliphatic carboxylic acids is 1. The lowest BCUT2D eigenvalue weighted by molar-refractivity contribution is -0.140. The molecule has 4 nitrogen and oxygen atoms in total. The van der Waals surface area contributed by atoms with E-state index in [4.69, 9.17) is 5.11 Å². The van der Waals surface area contributed by atoms with Crippen molar-refractivity contribution in [2.45, 2.75) is 45.2 Å². The molecule has 0 bridgehead atoms. The molecule has 0 aromatic rings. The fraction of sp³-hybridized carbons (Fsp3) is 0.917. The zero-order valence-electron chi connectivity index (χ0n) is 10.6. The van der Waals surface area contributed by atoms with Crippen molar-refractivity contribution in [1.29, 1.82) is 0 Å². The molecule has 0 radical (unpaired) electrons. The normalized spacial score (nSPS) is 24.6. The lowest BCUT2D eigenvalue weighted by Gasteiger charge is -2.33. The molecule has 2 N–H and O–H groups in total. The Labute approximate surface area is 98.0 Å². The molecule has 0 spiro atoms. The van der Waals surface area contributed by atoms with Crippen LogP contribution < -0.4 is 5.32 Å². The van der Waals surface area contributed by atoms with Gasteiger partial charge in [-0.25, -0.2) is 0 Å². The molecule has 0 aliphatic carbocycles. The number of carboxylic acid groups (broad SMARTS) is 1. The highest BCUT2D eigenvalue weighted by Crippen LogP contribution is 2.14. The monoisotopic (exact) mass is 228 g/mol. The summed E-state index contributed by atoms with van der Waals surface area (Å²) >= 11 is 0. The number of likely N-dealkylation sites (N-methyl/N-ethyl adjacent to an activating group) is 1. The van der Waals surface area contributed by atoms with Gasteiger partial charge in [0.15, 0.2) is 0 Å². The van der Waals surface area contributed by atoms with Gasteiger partial charge in [-0.3, -0.25) is 4.79 Å². The Morgan fingerprint density at radius 3 is 2.69 bits per heavy atom. The smallest absolute Gasteiger partial charge is 0.320 e. The molecular weight excluding hydrogens is 204 g/mol. The van der Waals surface area contributed by atoms with Crippen LogP contribution in [0.15, 0.2) is 0 Å². The molecule has 4 heteroatoms. The second-order valence-electron chi connectivity index (χ2n) is 5.10. The van der Waals surface area contributed by atoms with Crippen LogP contribution in [0.1, 0.15) is 33.1 Å². The predicted octanol–water partition coefficient (Wildman–Crippen LogP) is 1.17. The molecule has 0 amide bonds. The van der Waals surface area contributed by atoms with E-state index in [0.717, 1.165) is 13.1 Å². The Balaban J connectivity index is 2.39. The van der Waals surface area contributed by atoms with Crippen LogP contribution in [-0.4, -0.2) is 48.2 Å². The molecular formula is C12H24N2O2. The van der Waals surface area contributed by atoms with Crippen LogP contribution in [0.25, 0.3) is 0 Å². The number of carbonyl (C=O) groups is 1. The summed E-state index contributed by atoms with van der Waals surface area (Å²) in [5, 5.41) is 12.2. The van der Waals surface area contributed by atoms with Gasteiger partial charge in [0.05, 0.1) is 0 Å². The van der Waals surface area contributed by atoms with Gasteiger partial charge in [0.2, 0.25) is 0 Å². The van der Waals surface area contributed by atoms with Crippen LogP contribution in [0, 0.1) is 5.92 Å². The van der Waals surface area contributed by atoms with E-state index in [1.165, 1.54) is 19.3 Å². The number of hydrogen-bond donors (Lipinski definition) is 2. The molecule has 16 heavy (non-hydrogen) atoms. The minimum Gasteiger partial charge on any atom is -0.480 e. The van der Waals surface area contributed by atoms with Crippen LogP contribution in [-0.2, 0) is 4.79 Å². The first kappa shape index (κ1) is 13.5. The highest BCUT2D eigenvalue weighted by molar-refractivity contribution is 5.73. The lowest BCUT2D eigenvalue weighted by Crippen LogP contribution is -2.49. The van der Waals surface area contributed by atoms with Crippen LogP contribution in [0.5, 0.6) is 0 Å². The van der Waals surface area contributed by atoms with Crippen LogP contribution >= 0.6 is 0 Å². The Morgan fingerprint density at radius 2 is 2.19 bits per heavy atom. The van der Waals surface area contributed by atoms with Crippen molar-refractivity contribution in [3.05, 3.63) is 0 Å². The fourth-order valence-corrected chi connectivity index (χ4v) is 2.27. The maximum atomic E-state index is 11.0. The Hall–Kier alpha value is -0.610. The van der Waals surface area contributed by atoms with Gasteiger partial charge >= 0.3 is 5.97 Å². The van der Waals surface area contributed by atoms with E-state index in [1.54, 1.807) is 0 Å².